The van der Waals surface area contributed by atoms with E-state index in [1.807, 2.05) is 18.2 Å². The molecule has 2 aliphatic rings. The van der Waals surface area contributed by atoms with Gasteiger partial charge in [-0.05, 0) is 76.0 Å². The van der Waals surface area contributed by atoms with Crippen LogP contribution in [0, 0.1) is 22.7 Å². The summed E-state index contributed by atoms with van der Waals surface area (Å²) in [7, 11) is 1.75. The van der Waals surface area contributed by atoms with E-state index in [1.54, 1.807) is 13.3 Å². The van der Waals surface area contributed by atoms with Crippen molar-refractivity contribution in [1.29, 1.82) is 5.26 Å². The van der Waals surface area contributed by atoms with Crippen LogP contribution in [0.1, 0.15) is 51.1 Å². The third-order valence-corrected chi connectivity index (χ3v) is 7.81. The van der Waals surface area contributed by atoms with Gasteiger partial charge in [0.25, 0.3) is 0 Å². The van der Waals surface area contributed by atoms with Crippen LogP contribution in [-0.2, 0) is 15.9 Å². The first-order chi connectivity index (χ1) is 17.5. The lowest BCUT2D eigenvalue weighted by atomic mass is 9.82. The monoisotopic (exact) mass is 511 g/mol. The standard InChI is InChI=1S/C28H38ClN5O2/c1-20(17-35-2)33-22-8-6-21(7-9-22)14-23-15-24(25(29)16-31-23)26-4-3-5-27(34-26)32-19-28(18-30)10-12-36-13-11-28/h3-5,15-16,20-22,33H,6-14,17,19H2,1-2H3,(H,32,34). The van der Waals surface area contributed by atoms with Crippen molar-refractivity contribution in [3.05, 3.63) is 41.2 Å². The Kier molecular flexibility index (Phi) is 9.55. The Bertz CT molecular complexity index is 1030. The molecule has 2 aromatic rings. The number of nitrogens with zero attached hydrogens (tertiary/aromatic N) is 3. The molecule has 1 unspecified atom stereocenters. The van der Waals surface area contributed by atoms with Gasteiger partial charge in [-0.25, -0.2) is 4.98 Å². The molecule has 2 aromatic heterocycles. The van der Waals surface area contributed by atoms with Crippen molar-refractivity contribution in [2.24, 2.45) is 11.3 Å². The molecular weight excluding hydrogens is 474 g/mol. The van der Waals surface area contributed by atoms with Gasteiger partial charge in [0.15, 0.2) is 0 Å². The maximum atomic E-state index is 9.73. The number of nitriles is 1. The summed E-state index contributed by atoms with van der Waals surface area (Å²) in [5.74, 6) is 1.38. The largest absolute Gasteiger partial charge is 0.383 e. The van der Waals surface area contributed by atoms with Crippen LogP contribution in [0.4, 0.5) is 5.82 Å². The van der Waals surface area contributed by atoms with Crippen LogP contribution in [-0.4, -0.2) is 55.5 Å². The third-order valence-electron chi connectivity index (χ3n) is 7.51. The highest BCUT2D eigenvalue weighted by Crippen LogP contribution is 2.32. The highest BCUT2D eigenvalue weighted by Gasteiger charge is 2.32. The summed E-state index contributed by atoms with van der Waals surface area (Å²) >= 11 is 6.56. The molecule has 8 heteroatoms. The Balaban J connectivity index is 1.37. The van der Waals surface area contributed by atoms with E-state index in [9.17, 15) is 5.26 Å². The summed E-state index contributed by atoms with van der Waals surface area (Å²) in [5, 5.41) is 17.4. The first-order valence-corrected chi connectivity index (χ1v) is 13.5. The lowest BCUT2D eigenvalue weighted by Gasteiger charge is -2.31. The number of ether oxygens (including phenoxy) is 2. The highest BCUT2D eigenvalue weighted by atomic mass is 35.5. The molecular formula is C28H38ClN5O2. The van der Waals surface area contributed by atoms with Gasteiger partial charge >= 0.3 is 0 Å². The molecule has 2 fully saturated rings. The first-order valence-electron chi connectivity index (χ1n) is 13.1. The Hall–Kier alpha value is -2.24. The predicted molar refractivity (Wildman–Crippen MR) is 143 cm³/mol. The van der Waals surface area contributed by atoms with Crippen molar-refractivity contribution < 1.29 is 9.47 Å². The fourth-order valence-electron chi connectivity index (χ4n) is 5.35. The van der Waals surface area contributed by atoms with Crippen LogP contribution in [0.15, 0.2) is 30.5 Å². The quantitative estimate of drug-likeness (QED) is 0.449. The lowest BCUT2D eigenvalue weighted by molar-refractivity contribution is 0.0455. The second-order valence-electron chi connectivity index (χ2n) is 10.4. The fraction of sp³-hybridized carbons (Fsp3) is 0.607. The van der Waals surface area contributed by atoms with Crippen LogP contribution < -0.4 is 10.6 Å². The van der Waals surface area contributed by atoms with E-state index in [0.717, 1.165) is 48.6 Å². The molecule has 1 saturated carbocycles. The van der Waals surface area contributed by atoms with E-state index in [1.165, 1.54) is 25.7 Å². The van der Waals surface area contributed by atoms with E-state index < -0.39 is 5.41 Å². The SMILES string of the molecule is COCC(C)NC1CCC(Cc2cc(-c3cccc(NCC4(C#N)CCOCC4)n3)c(Cl)cn2)CC1. The molecule has 36 heavy (non-hydrogen) atoms. The molecule has 1 aliphatic heterocycles. The number of halogens is 1. The van der Waals surface area contributed by atoms with Crippen LogP contribution in [0.5, 0.6) is 0 Å². The minimum Gasteiger partial charge on any atom is -0.383 e. The van der Waals surface area contributed by atoms with Gasteiger partial charge in [-0.15, -0.1) is 0 Å². The van der Waals surface area contributed by atoms with Crippen molar-refractivity contribution in [2.75, 3.05) is 38.8 Å². The Labute approximate surface area is 220 Å². The second-order valence-corrected chi connectivity index (χ2v) is 10.8. The van der Waals surface area contributed by atoms with Gasteiger partial charge in [-0.3, -0.25) is 4.98 Å². The molecule has 0 aromatic carbocycles. The van der Waals surface area contributed by atoms with Gasteiger partial charge in [0.2, 0.25) is 0 Å². The summed E-state index contributed by atoms with van der Waals surface area (Å²) in [6.07, 6.45) is 8.94. The van der Waals surface area contributed by atoms with Gasteiger partial charge in [0, 0.05) is 56.4 Å². The molecule has 0 amide bonds. The molecule has 2 N–H and O–H groups in total. The van der Waals surface area contributed by atoms with Crippen molar-refractivity contribution in [2.45, 2.75) is 64.0 Å². The molecule has 0 radical (unpaired) electrons. The molecule has 0 spiro atoms. The number of methoxy groups -OCH3 is 1. The maximum Gasteiger partial charge on any atom is 0.126 e. The summed E-state index contributed by atoms with van der Waals surface area (Å²) in [5.41, 5.74) is 2.36. The summed E-state index contributed by atoms with van der Waals surface area (Å²) in [4.78, 5) is 9.45. The molecule has 1 saturated heterocycles. The van der Waals surface area contributed by atoms with E-state index >= 15 is 0 Å². The van der Waals surface area contributed by atoms with Gasteiger partial charge in [-0.2, -0.15) is 5.26 Å². The molecule has 3 heterocycles. The molecule has 7 nitrogen and oxygen atoms in total. The summed E-state index contributed by atoms with van der Waals surface area (Å²) < 4.78 is 10.7. The lowest BCUT2D eigenvalue weighted by Crippen LogP contribution is -2.41. The van der Waals surface area contributed by atoms with E-state index in [4.69, 9.17) is 26.1 Å². The normalized spacial score (nSPS) is 22.5. The zero-order chi connectivity index (χ0) is 25.4. The van der Waals surface area contributed by atoms with Crippen molar-refractivity contribution in [3.8, 4) is 17.3 Å². The van der Waals surface area contributed by atoms with Gasteiger partial charge in [0.05, 0.1) is 28.8 Å². The fourth-order valence-corrected chi connectivity index (χ4v) is 5.55. The van der Waals surface area contributed by atoms with Crippen molar-refractivity contribution in [3.63, 3.8) is 0 Å². The van der Waals surface area contributed by atoms with Crippen LogP contribution >= 0.6 is 11.6 Å². The highest BCUT2D eigenvalue weighted by molar-refractivity contribution is 6.33. The average Bonchev–Trinajstić information content (AvgIpc) is 2.90. The van der Waals surface area contributed by atoms with Gasteiger partial charge in [-0.1, -0.05) is 17.7 Å². The number of hydrogen-bond donors (Lipinski definition) is 2. The molecule has 194 valence electrons. The Morgan fingerprint density at radius 2 is 2.03 bits per heavy atom. The van der Waals surface area contributed by atoms with Crippen LogP contribution in [0.2, 0.25) is 5.02 Å². The minimum atomic E-state index is -0.409. The topological polar surface area (TPSA) is 92.1 Å². The van der Waals surface area contributed by atoms with Crippen molar-refractivity contribution >= 4 is 17.4 Å². The molecule has 0 bridgehead atoms. The van der Waals surface area contributed by atoms with E-state index in [0.29, 0.717) is 42.8 Å². The molecule has 4 rings (SSSR count). The first kappa shape index (κ1) is 26.8. The zero-order valence-corrected chi connectivity index (χ0v) is 22.2. The van der Waals surface area contributed by atoms with Gasteiger partial charge < -0.3 is 20.1 Å². The van der Waals surface area contributed by atoms with Gasteiger partial charge in [0.1, 0.15) is 5.82 Å². The predicted octanol–water partition coefficient (Wildman–Crippen LogP) is 5.26. The summed E-state index contributed by atoms with van der Waals surface area (Å²) in [6.45, 7) is 4.74. The number of rotatable bonds is 10. The third kappa shape index (κ3) is 7.17. The molecule has 1 atom stereocenters. The Morgan fingerprint density at radius 3 is 2.75 bits per heavy atom. The number of pyridine rings is 2. The van der Waals surface area contributed by atoms with Crippen LogP contribution in [0.25, 0.3) is 11.3 Å². The minimum absolute atomic E-state index is 0.386. The number of aromatic nitrogens is 2. The smallest absolute Gasteiger partial charge is 0.126 e. The summed E-state index contributed by atoms with van der Waals surface area (Å²) in [6, 6.07) is 11.4. The number of anilines is 1. The maximum absolute atomic E-state index is 9.73. The molecule has 1 aliphatic carbocycles. The average molecular weight is 512 g/mol. The Morgan fingerprint density at radius 1 is 1.25 bits per heavy atom. The zero-order valence-electron chi connectivity index (χ0n) is 21.4. The second kappa shape index (κ2) is 12.8. The number of nitrogens with one attached hydrogen (secondary N) is 2. The van der Waals surface area contributed by atoms with E-state index in [2.05, 4.69) is 34.7 Å². The van der Waals surface area contributed by atoms with Crippen molar-refractivity contribution in [1.82, 2.24) is 15.3 Å². The number of hydrogen-bond acceptors (Lipinski definition) is 7. The van der Waals surface area contributed by atoms with E-state index in [-0.39, 0.29) is 0 Å². The van der Waals surface area contributed by atoms with Crippen LogP contribution in [0.3, 0.4) is 0 Å².